The number of primary amides is 1. The number of nitrogens with one attached hydrogen (secondary N) is 2. The maximum Gasteiger partial charge on any atom is 0.408 e. The van der Waals surface area contributed by atoms with Crippen LogP contribution in [-0.2, 0) is 23.9 Å². The van der Waals surface area contributed by atoms with E-state index < -0.39 is 47.4 Å². The van der Waals surface area contributed by atoms with Crippen LogP contribution in [-0.4, -0.2) is 64.8 Å². The van der Waals surface area contributed by atoms with Crippen LogP contribution in [0, 0.1) is 11.8 Å². The molecule has 3 fully saturated rings. The number of hydrogen-bond donors (Lipinski definition) is 3. The second-order valence-corrected chi connectivity index (χ2v) is 12.2. The first-order valence-electron chi connectivity index (χ1n) is 14.8. The maximum atomic E-state index is 13.8. The highest BCUT2D eigenvalue weighted by Gasteiger charge is 2.42. The Morgan fingerprint density at radius 3 is 2.03 bits per heavy atom. The second kappa shape index (κ2) is 15.2. The zero-order valence-corrected chi connectivity index (χ0v) is 24.6. The fourth-order valence-electron chi connectivity index (χ4n) is 5.50. The Labute approximate surface area is 233 Å². The van der Waals surface area contributed by atoms with Gasteiger partial charge in [-0.1, -0.05) is 58.8 Å². The second-order valence-electron chi connectivity index (χ2n) is 12.2. The van der Waals surface area contributed by atoms with Crippen molar-refractivity contribution in [3.8, 4) is 0 Å². The first-order valence-corrected chi connectivity index (χ1v) is 14.8. The maximum absolute atomic E-state index is 13.8. The fourth-order valence-corrected chi connectivity index (χ4v) is 5.50. The van der Waals surface area contributed by atoms with Gasteiger partial charge in [0, 0.05) is 6.54 Å². The van der Waals surface area contributed by atoms with E-state index in [1.807, 2.05) is 0 Å². The Morgan fingerprint density at radius 2 is 1.51 bits per heavy atom. The van der Waals surface area contributed by atoms with E-state index in [2.05, 4.69) is 24.5 Å². The molecule has 1 aliphatic heterocycles. The Hall–Kier alpha value is -2.65. The van der Waals surface area contributed by atoms with Crippen molar-refractivity contribution in [3.63, 3.8) is 0 Å². The molecule has 2 saturated carbocycles. The van der Waals surface area contributed by atoms with Gasteiger partial charge in [-0.2, -0.15) is 0 Å². The minimum Gasteiger partial charge on any atom is -0.444 e. The monoisotopic (exact) mass is 550 g/mol. The highest BCUT2D eigenvalue weighted by atomic mass is 16.6. The Bertz CT molecular complexity index is 860. The number of rotatable bonds is 9. The Morgan fingerprint density at radius 1 is 0.897 bits per heavy atom. The molecule has 39 heavy (non-hydrogen) atoms. The molecule has 3 unspecified atom stereocenters. The lowest BCUT2D eigenvalue weighted by Gasteiger charge is -2.35. The highest BCUT2D eigenvalue weighted by molar-refractivity contribution is 6.37. The van der Waals surface area contributed by atoms with Crippen molar-refractivity contribution < 1.29 is 28.7 Å². The van der Waals surface area contributed by atoms with Crippen LogP contribution in [0.15, 0.2) is 0 Å². The number of amides is 4. The summed E-state index contributed by atoms with van der Waals surface area (Å²) < 4.78 is 5.42. The third-order valence-corrected chi connectivity index (χ3v) is 7.57. The lowest BCUT2D eigenvalue weighted by molar-refractivity contribution is -0.143. The Balaban J connectivity index is 0.00000170. The number of carbonyl (C=O) groups is 5. The Kier molecular flexibility index (Phi) is 12.7. The van der Waals surface area contributed by atoms with Crippen LogP contribution >= 0.6 is 0 Å². The minimum atomic E-state index is -1.07. The van der Waals surface area contributed by atoms with Gasteiger partial charge in [0.25, 0.3) is 5.91 Å². The molecule has 3 rings (SSSR count). The molecule has 0 aromatic rings. The zero-order chi connectivity index (χ0) is 29.2. The van der Waals surface area contributed by atoms with E-state index >= 15 is 0 Å². The topological polar surface area (TPSA) is 148 Å². The number of hydrogen-bond acceptors (Lipinski definition) is 6. The molecule has 0 spiro atoms. The quantitative estimate of drug-likeness (QED) is 0.374. The van der Waals surface area contributed by atoms with Crippen molar-refractivity contribution in [1.29, 1.82) is 0 Å². The number of nitrogens with two attached hydrogens (primary N) is 1. The van der Waals surface area contributed by atoms with Crippen molar-refractivity contribution >= 4 is 29.6 Å². The lowest BCUT2D eigenvalue weighted by Crippen LogP contribution is -2.58. The average Bonchev–Trinajstić information content (AvgIpc) is 3.33. The SMILES string of the molecule is CC(C)(C)OC(=O)NC(C(=O)N1CCCC1C(=O)NC(CC1CCC1)C(=O)C(N)=O)C1CCCCC1.CCC. The summed E-state index contributed by atoms with van der Waals surface area (Å²) in [6, 6.07) is -2.54. The van der Waals surface area contributed by atoms with Gasteiger partial charge in [-0.15, -0.1) is 0 Å². The van der Waals surface area contributed by atoms with Crippen LogP contribution in [0.25, 0.3) is 0 Å². The first kappa shape index (κ1) is 32.6. The summed E-state index contributed by atoms with van der Waals surface area (Å²) in [6.07, 6.45) is 9.69. The molecule has 0 aromatic heterocycles. The van der Waals surface area contributed by atoms with Gasteiger partial charge < -0.3 is 26.0 Å². The number of carbonyl (C=O) groups excluding carboxylic acids is 5. The van der Waals surface area contributed by atoms with Gasteiger partial charge in [-0.05, 0) is 64.7 Å². The first-order chi connectivity index (χ1) is 18.4. The number of alkyl carbamates (subject to hydrolysis) is 1. The number of ether oxygens (including phenoxy) is 1. The van der Waals surface area contributed by atoms with Gasteiger partial charge in [0.2, 0.25) is 17.6 Å². The molecular weight excluding hydrogens is 500 g/mol. The lowest BCUT2D eigenvalue weighted by atomic mass is 9.80. The molecule has 10 nitrogen and oxygen atoms in total. The fraction of sp³-hybridized carbons (Fsp3) is 0.828. The summed E-state index contributed by atoms with van der Waals surface area (Å²) in [5, 5.41) is 5.51. The smallest absolute Gasteiger partial charge is 0.408 e. The van der Waals surface area contributed by atoms with Crippen LogP contribution in [0.5, 0.6) is 0 Å². The molecule has 4 N–H and O–H groups in total. The normalized spacial score (nSPS) is 21.5. The van der Waals surface area contributed by atoms with Crippen molar-refractivity contribution in [3.05, 3.63) is 0 Å². The van der Waals surface area contributed by atoms with Gasteiger partial charge in [-0.3, -0.25) is 19.2 Å². The van der Waals surface area contributed by atoms with E-state index in [-0.39, 0.29) is 17.7 Å². The molecule has 0 radical (unpaired) electrons. The molecule has 2 aliphatic carbocycles. The summed E-state index contributed by atoms with van der Waals surface area (Å²) in [6.45, 7) is 9.92. The molecule has 3 atom stereocenters. The molecule has 0 bridgehead atoms. The largest absolute Gasteiger partial charge is 0.444 e. The molecule has 1 heterocycles. The summed E-state index contributed by atoms with van der Waals surface area (Å²) in [5.41, 5.74) is 4.53. The number of nitrogens with zero attached hydrogens (tertiary/aromatic N) is 1. The van der Waals surface area contributed by atoms with Crippen LogP contribution in [0.4, 0.5) is 4.79 Å². The molecule has 0 aromatic carbocycles. The zero-order valence-electron chi connectivity index (χ0n) is 24.6. The molecule has 10 heteroatoms. The molecule has 4 amide bonds. The predicted molar refractivity (Wildman–Crippen MR) is 149 cm³/mol. The van der Waals surface area contributed by atoms with E-state index in [1.165, 1.54) is 11.3 Å². The molecular formula is C29H50N4O6. The van der Waals surface area contributed by atoms with Crippen LogP contribution < -0.4 is 16.4 Å². The minimum absolute atomic E-state index is 0.0362. The summed E-state index contributed by atoms with van der Waals surface area (Å²) >= 11 is 0. The number of likely N-dealkylation sites (tertiary alicyclic amines) is 1. The van der Waals surface area contributed by atoms with E-state index in [1.54, 1.807) is 20.8 Å². The van der Waals surface area contributed by atoms with Crippen molar-refractivity contribution in [1.82, 2.24) is 15.5 Å². The van der Waals surface area contributed by atoms with E-state index in [0.29, 0.717) is 25.8 Å². The van der Waals surface area contributed by atoms with Crippen LogP contribution in [0.1, 0.15) is 112 Å². The van der Waals surface area contributed by atoms with Gasteiger partial charge in [0.1, 0.15) is 17.7 Å². The van der Waals surface area contributed by atoms with Gasteiger partial charge in [0.05, 0.1) is 6.04 Å². The van der Waals surface area contributed by atoms with E-state index in [9.17, 15) is 24.0 Å². The third-order valence-electron chi connectivity index (χ3n) is 7.57. The third kappa shape index (κ3) is 10.1. The number of Topliss-reactive ketones (excluding diaryl/α,β-unsaturated/α-hetero) is 1. The summed E-state index contributed by atoms with van der Waals surface area (Å²) in [5.74, 6) is -2.41. The van der Waals surface area contributed by atoms with Gasteiger partial charge >= 0.3 is 6.09 Å². The van der Waals surface area contributed by atoms with E-state index in [4.69, 9.17) is 10.5 Å². The summed E-state index contributed by atoms with van der Waals surface area (Å²) in [4.78, 5) is 65.1. The van der Waals surface area contributed by atoms with E-state index in [0.717, 1.165) is 51.4 Å². The highest BCUT2D eigenvalue weighted by Crippen LogP contribution is 2.32. The standard InChI is InChI=1S/C26H42N4O6.C3H8/c1-26(2,3)36-25(35)29-20(17-11-5-4-6-12-17)24(34)30-14-8-13-19(30)23(33)28-18(21(31)22(27)32)15-16-9-7-10-16;1-3-2/h16-20H,4-15H2,1-3H3,(H2,27,32)(H,28,33)(H,29,35);3H2,1-2H3. The van der Waals surface area contributed by atoms with Gasteiger partial charge in [-0.25, -0.2) is 4.79 Å². The predicted octanol–water partition coefficient (Wildman–Crippen LogP) is 3.60. The summed E-state index contributed by atoms with van der Waals surface area (Å²) in [7, 11) is 0. The van der Waals surface area contributed by atoms with Crippen LogP contribution in [0.2, 0.25) is 0 Å². The van der Waals surface area contributed by atoms with Crippen LogP contribution in [0.3, 0.4) is 0 Å². The average molecular weight is 551 g/mol. The van der Waals surface area contributed by atoms with Crippen molar-refractivity contribution in [2.75, 3.05) is 6.54 Å². The molecule has 1 saturated heterocycles. The number of ketones is 1. The van der Waals surface area contributed by atoms with Crippen molar-refractivity contribution in [2.24, 2.45) is 17.6 Å². The van der Waals surface area contributed by atoms with Crippen molar-refractivity contribution in [2.45, 2.75) is 135 Å². The molecule has 222 valence electrons. The molecule has 3 aliphatic rings. The van der Waals surface area contributed by atoms with Gasteiger partial charge in [0.15, 0.2) is 0 Å².